The van der Waals surface area contributed by atoms with Crippen LogP contribution in [0.3, 0.4) is 0 Å². The molecule has 1 unspecified atom stereocenters. The number of hydrogen-bond donors (Lipinski definition) is 1. The molecule has 19 heavy (non-hydrogen) atoms. The zero-order valence-electron chi connectivity index (χ0n) is 12.3. The maximum absolute atomic E-state index is 12.6. The summed E-state index contributed by atoms with van der Waals surface area (Å²) in [5.41, 5.74) is 0. The largest absolute Gasteiger partial charge is 0.481 e. The van der Waals surface area contributed by atoms with E-state index in [1.165, 1.54) is 0 Å². The van der Waals surface area contributed by atoms with Gasteiger partial charge in [-0.05, 0) is 39.5 Å². The van der Waals surface area contributed by atoms with Gasteiger partial charge in [-0.3, -0.25) is 4.79 Å². The minimum Gasteiger partial charge on any atom is -0.481 e. The summed E-state index contributed by atoms with van der Waals surface area (Å²) in [6.07, 6.45) is 3.76. The van der Waals surface area contributed by atoms with Gasteiger partial charge in [-0.2, -0.15) is 0 Å². The van der Waals surface area contributed by atoms with Crippen molar-refractivity contribution in [1.82, 2.24) is 9.80 Å². The van der Waals surface area contributed by atoms with Crippen LogP contribution in [-0.4, -0.2) is 52.1 Å². The van der Waals surface area contributed by atoms with Crippen molar-refractivity contribution in [3.63, 3.8) is 0 Å². The summed E-state index contributed by atoms with van der Waals surface area (Å²) in [6.45, 7) is 7.47. The first-order valence-electron chi connectivity index (χ1n) is 7.26. The molecular weight excluding hydrogens is 244 g/mol. The molecule has 0 radical (unpaired) electrons. The average Bonchev–Trinajstić information content (AvgIpc) is 2.34. The highest BCUT2D eigenvalue weighted by Gasteiger charge is 2.31. The topological polar surface area (TPSA) is 60.9 Å². The van der Waals surface area contributed by atoms with Crippen LogP contribution in [0.15, 0.2) is 0 Å². The van der Waals surface area contributed by atoms with Crippen molar-refractivity contribution < 1.29 is 14.7 Å². The van der Waals surface area contributed by atoms with Crippen LogP contribution in [0.25, 0.3) is 0 Å². The highest BCUT2D eigenvalue weighted by atomic mass is 16.4. The quantitative estimate of drug-likeness (QED) is 0.835. The third-order valence-corrected chi connectivity index (χ3v) is 3.62. The molecule has 1 rings (SSSR count). The Morgan fingerprint density at radius 2 is 2.05 bits per heavy atom. The minimum absolute atomic E-state index is 0.00259. The molecule has 0 aromatic heterocycles. The van der Waals surface area contributed by atoms with E-state index in [9.17, 15) is 9.59 Å². The molecule has 1 aliphatic heterocycles. The van der Waals surface area contributed by atoms with E-state index in [2.05, 4.69) is 0 Å². The van der Waals surface area contributed by atoms with Gasteiger partial charge in [0, 0.05) is 25.2 Å². The monoisotopic (exact) mass is 270 g/mol. The number of carbonyl (C=O) groups is 2. The molecule has 1 N–H and O–H groups in total. The van der Waals surface area contributed by atoms with E-state index < -0.39 is 5.97 Å². The Kier molecular flexibility index (Phi) is 6.12. The third kappa shape index (κ3) is 4.40. The molecule has 5 heteroatoms. The Balaban J connectivity index is 2.77. The maximum atomic E-state index is 12.6. The molecule has 2 amide bonds. The summed E-state index contributed by atoms with van der Waals surface area (Å²) in [5.74, 6) is -0.823. The van der Waals surface area contributed by atoms with Gasteiger partial charge >= 0.3 is 12.0 Å². The number of nitrogens with zero attached hydrogens (tertiary/aromatic N) is 2. The van der Waals surface area contributed by atoms with Gasteiger partial charge < -0.3 is 14.9 Å². The fourth-order valence-electron chi connectivity index (χ4n) is 2.65. The van der Waals surface area contributed by atoms with Crippen LogP contribution < -0.4 is 0 Å². The molecule has 0 aliphatic carbocycles. The molecule has 0 aromatic rings. The van der Waals surface area contributed by atoms with Crippen LogP contribution in [0.1, 0.15) is 52.9 Å². The van der Waals surface area contributed by atoms with Gasteiger partial charge in [0.1, 0.15) is 0 Å². The van der Waals surface area contributed by atoms with E-state index in [0.717, 1.165) is 32.2 Å². The third-order valence-electron chi connectivity index (χ3n) is 3.62. The second-order valence-electron chi connectivity index (χ2n) is 5.51. The molecule has 0 bridgehead atoms. The van der Waals surface area contributed by atoms with E-state index in [1.54, 1.807) is 4.90 Å². The zero-order valence-corrected chi connectivity index (χ0v) is 12.3. The Bertz CT molecular complexity index is 318. The lowest BCUT2D eigenvalue weighted by atomic mass is 9.99. The Labute approximate surface area is 115 Å². The number of urea groups is 1. The van der Waals surface area contributed by atoms with Gasteiger partial charge in [0.15, 0.2) is 0 Å². The highest BCUT2D eigenvalue weighted by Crippen LogP contribution is 2.22. The molecule has 0 spiro atoms. The maximum Gasteiger partial charge on any atom is 0.320 e. The summed E-state index contributed by atoms with van der Waals surface area (Å²) < 4.78 is 0. The van der Waals surface area contributed by atoms with Crippen LogP contribution in [0.2, 0.25) is 0 Å². The Morgan fingerprint density at radius 1 is 1.37 bits per heavy atom. The van der Waals surface area contributed by atoms with Gasteiger partial charge in [-0.15, -0.1) is 0 Å². The standard InChI is InChI=1S/C14H26N2O3/c1-4-8-15(11(2)3)14(19)16-9-6-5-7-12(16)10-13(17)18/h11-12H,4-10H2,1-3H3,(H,17,18). The van der Waals surface area contributed by atoms with Crippen LogP contribution in [0, 0.1) is 0 Å². The molecule has 0 saturated carbocycles. The lowest BCUT2D eigenvalue weighted by Gasteiger charge is -2.39. The summed E-state index contributed by atoms with van der Waals surface area (Å²) >= 11 is 0. The highest BCUT2D eigenvalue weighted by molar-refractivity contribution is 5.76. The molecule has 1 fully saturated rings. The van der Waals surface area contributed by atoms with Gasteiger partial charge in [-0.25, -0.2) is 4.79 Å². The molecule has 1 atom stereocenters. The molecule has 0 aromatic carbocycles. The van der Waals surface area contributed by atoms with E-state index in [1.807, 2.05) is 25.7 Å². The Hall–Kier alpha value is -1.26. The van der Waals surface area contributed by atoms with Crippen molar-refractivity contribution in [3.8, 4) is 0 Å². The van der Waals surface area contributed by atoms with Crippen LogP contribution in [0.4, 0.5) is 4.79 Å². The van der Waals surface area contributed by atoms with E-state index in [-0.39, 0.29) is 24.5 Å². The lowest BCUT2D eigenvalue weighted by molar-refractivity contribution is -0.138. The van der Waals surface area contributed by atoms with E-state index in [0.29, 0.717) is 6.54 Å². The van der Waals surface area contributed by atoms with E-state index >= 15 is 0 Å². The number of hydrogen-bond acceptors (Lipinski definition) is 2. The minimum atomic E-state index is -0.823. The summed E-state index contributed by atoms with van der Waals surface area (Å²) in [7, 11) is 0. The predicted molar refractivity (Wildman–Crippen MR) is 74.1 cm³/mol. The molecule has 1 aliphatic rings. The molecule has 1 heterocycles. The predicted octanol–water partition coefficient (Wildman–Crippen LogP) is 2.56. The van der Waals surface area contributed by atoms with Crippen molar-refractivity contribution in [3.05, 3.63) is 0 Å². The van der Waals surface area contributed by atoms with Gasteiger partial charge in [0.2, 0.25) is 0 Å². The molecular formula is C14H26N2O3. The number of aliphatic carboxylic acids is 1. The van der Waals surface area contributed by atoms with Crippen molar-refractivity contribution >= 4 is 12.0 Å². The molecule has 1 saturated heterocycles. The summed E-state index contributed by atoms with van der Waals surface area (Å²) in [4.78, 5) is 27.1. The van der Waals surface area contributed by atoms with Crippen molar-refractivity contribution in [2.45, 2.75) is 65.0 Å². The number of amides is 2. The average molecular weight is 270 g/mol. The fourth-order valence-corrected chi connectivity index (χ4v) is 2.65. The number of piperidine rings is 1. The summed E-state index contributed by atoms with van der Waals surface area (Å²) in [5, 5.41) is 8.96. The van der Waals surface area contributed by atoms with Crippen LogP contribution in [-0.2, 0) is 4.79 Å². The number of carboxylic acids is 1. The summed E-state index contributed by atoms with van der Waals surface area (Å²) in [6, 6.07) is 0.0134. The van der Waals surface area contributed by atoms with Crippen molar-refractivity contribution in [2.24, 2.45) is 0 Å². The number of rotatable bonds is 5. The second kappa shape index (κ2) is 7.36. The van der Waals surface area contributed by atoms with Crippen LogP contribution >= 0.6 is 0 Å². The molecule has 5 nitrogen and oxygen atoms in total. The smallest absolute Gasteiger partial charge is 0.320 e. The van der Waals surface area contributed by atoms with Gasteiger partial charge in [0.25, 0.3) is 0 Å². The first-order chi connectivity index (χ1) is 8.97. The van der Waals surface area contributed by atoms with E-state index in [4.69, 9.17) is 5.11 Å². The van der Waals surface area contributed by atoms with Crippen molar-refractivity contribution in [1.29, 1.82) is 0 Å². The first kappa shape index (κ1) is 15.8. The van der Waals surface area contributed by atoms with Gasteiger partial charge in [-0.1, -0.05) is 6.92 Å². The molecule has 110 valence electrons. The second-order valence-corrected chi connectivity index (χ2v) is 5.51. The fraction of sp³-hybridized carbons (Fsp3) is 0.857. The van der Waals surface area contributed by atoms with Crippen LogP contribution in [0.5, 0.6) is 0 Å². The lowest BCUT2D eigenvalue weighted by Crippen LogP contribution is -2.52. The number of likely N-dealkylation sites (tertiary alicyclic amines) is 1. The SMILES string of the molecule is CCCN(C(=O)N1CCCCC1CC(=O)O)C(C)C. The van der Waals surface area contributed by atoms with Gasteiger partial charge in [0.05, 0.1) is 6.42 Å². The zero-order chi connectivity index (χ0) is 14.4. The Morgan fingerprint density at radius 3 is 2.58 bits per heavy atom. The number of carbonyl (C=O) groups excluding carboxylic acids is 1. The van der Waals surface area contributed by atoms with Crippen molar-refractivity contribution in [2.75, 3.05) is 13.1 Å². The first-order valence-corrected chi connectivity index (χ1v) is 7.26. The number of carboxylic acid groups (broad SMARTS) is 1. The normalized spacial score (nSPS) is 19.6.